The van der Waals surface area contributed by atoms with Crippen molar-refractivity contribution in [3.05, 3.63) is 29.3 Å². The summed E-state index contributed by atoms with van der Waals surface area (Å²) in [7, 11) is 0. The Balaban J connectivity index is 2.83. The van der Waals surface area contributed by atoms with E-state index in [2.05, 4.69) is 12.3 Å². The Morgan fingerprint density at radius 2 is 2.25 bits per heavy atom. The second-order valence-electron chi connectivity index (χ2n) is 3.84. The summed E-state index contributed by atoms with van der Waals surface area (Å²) in [6, 6.07) is 5.63. The molecule has 1 aromatic carbocycles. The Hall–Kier alpha value is -1.14. The number of thiocyanates is 1. The number of phenols is 1. The largest absolute Gasteiger partial charge is 0.508 e. The summed E-state index contributed by atoms with van der Waals surface area (Å²) in [5.41, 5.74) is 2.18. The van der Waals surface area contributed by atoms with Crippen molar-refractivity contribution >= 4 is 11.8 Å². The van der Waals surface area contributed by atoms with E-state index in [-0.39, 0.29) is 0 Å². The van der Waals surface area contributed by atoms with E-state index in [1.165, 1.54) is 11.8 Å². The third-order valence-corrected chi connectivity index (χ3v) is 3.40. The Kier molecular flexibility index (Phi) is 5.21. The maximum Gasteiger partial charge on any atom is 0.133 e. The minimum atomic E-state index is 0.349. The predicted molar refractivity (Wildman–Crippen MR) is 68.6 cm³/mol. The van der Waals surface area contributed by atoms with E-state index >= 15 is 0 Å². The number of hydrogen-bond donors (Lipinski definition) is 1. The van der Waals surface area contributed by atoms with Gasteiger partial charge in [0.1, 0.15) is 11.2 Å². The number of phenolic OH excluding ortho intramolecular Hbond substituents is 1. The van der Waals surface area contributed by atoms with E-state index in [1.54, 1.807) is 6.07 Å². The molecule has 0 aliphatic heterocycles. The molecule has 0 saturated carbocycles. The predicted octanol–water partition coefficient (Wildman–Crippen LogP) is 3.80. The number of aromatic hydroxyl groups is 1. The Labute approximate surface area is 101 Å². The highest BCUT2D eigenvalue weighted by Crippen LogP contribution is 2.33. The Morgan fingerprint density at radius 3 is 2.81 bits per heavy atom. The quantitative estimate of drug-likeness (QED) is 0.623. The Morgan fingerprint density at radius 1 is 1.50 bits per heavy atom. The van der Waals surface area contributed by atoms with Gasteiger partial charge in [0.15, 0.2) is 0 Å². The average molecular weight is 235 g/mol. The van der Waals surface area contributed by atoms with Crippen molar-refractivity contribution in [1.29, 1.82) is 5.26 Å². The lowest BCUT2D eigenvalue weighted by atomic mass is 9.90. The molecule has 0 fully saturated rings. The van der Waals surface area contributed by atoms with Crippen molar-refractivity contribution in [3.63, 3.8) is 0 Å². The molecule has 0 heterocycles. The van der Waals surface area contributed by atoms with Crippen LogP contribution >= 0.6 is 11.8 Å². The molecule has 1 unspecified atom stereocenters. The van der Waals surface area contributed by atoms with Gasteiger partial charge in [-0.2, -0.15) is 5.26 Å². The number of nitriles is 1. The molecule has 0 spiro atoms. The van der Waals surface area contributed by atoms with Crippen molar-refractivity contribution in [2.45, 2.75) is 32.6 Å². The van der Waals surface area contributed by atoms with Crippen molar-refractivity contribution in [2.75, 3.05) is 5.75 Å². The molecule has 86 valence electrons. The fourth-order valence-corrected chi connectivity index (χ4v) is 2.49. The lowest BCUT2D eigenvalue weighted by molar-refractivity contribution is 0.456. The third kappa shape index (κ3) is 3.18. The van der Waals surface area contributed by atoms with Crippen LogP contribution in [-0.4, -0.2) is 10.9 Å². The molecule has 16 heavy (non-hydrogen) atoms. The van der Waals surface area contributed by atoms with Crippen LogP contribution in [-0.2, 0) is 0 Å². The van der Waals surface area contributed by atoms with Gasteiger partial charge >= 0.3 is 0 Å². The first-order valence-electron chi connectivity index (χ1n) is 5.50. The maximum absolute atomic E-state index is 9.88. The fraction of sp³-hybridized carbons (Fsp3) is 0.462. The Bertz CT molecular complexity index is 364. The van der Waals surface area contributed by atoms with E-state index in [4.69, 9.17) is 5.26 Å². The number of aryl methyl sites for hydroxylation is 1. The van der Waals surface area contributed by atoms with Crippen LogP contribution in [0.3, 0.4) is 0 Å². The molecule has 0 bridgehead atoms. The number of thioether (sulfide) groups is 1. The highest BCUT2D eigenvalue weighted by atomic mass is 32.2. The van der Waals surface area contributed by atoms with Gasteiger partial charge in [-0.1, -0.05) is 19.1 Å². The minimum Gasteiger partial charge on any atom is -0.508 e. The average Bonchev–Trinajstić information content (AvgIpc) is 2.26. The fourth-order valence-electron chi connectivity index (χ4n) is 2.00. The first-order chi connectivity index (χ1) is 7.70. The summed E-state index contributed by atoms with van der Waals surface area (Å²) in [5.74, 6) is 1.55. The van der Waals surface area contributed by atoms with Crippen LogP contribution < -0.4 is 0 Å². The topological polar surface area (TPSA) is 44.0 Å². The van der Waals surface area contributed by atoms with Crippen molar-refractivity contribution < 1.29 is 5.11 Å². The van der Waals surface area contributed by atoms with E-state index in [1.807, 2.05) is 19.1 Å². The maximum atomic E-state index is 9.88. The normalized spacial score (nSPS) is 12.1. The second kappa shape index (κ2) is 6.44. The van der Waals surface area contributed by atoms with Crippen LogP contribution in [0.2, 0.25) is 0 Å². The van der Waals surface area contributed by atoms with Gasteiger partial charge in [0, 0.05) is 5.75 Å². The molecule has 0 aliphatic carbocycles. The zero-order chi connectivity index (χ0) is 12.0. The van der Waals surface area contributed by atoms with E-state index < -0.39 is 0 Å². The van der Waals surface area contributed by atoms with Gasteiger partial charge in [0.05, 0.1) is 0 Å². The minimum absolute atomic E-state index is 0.349. The molecule has 3 heteroatoms. The first kappa shape index (κ1) is 12.9. The molecule has 0 aromatic heterocycles. The standard InChI is InChI=1S/C13H17NOS/c1-3-11(7-8-16-9-14)13-10(2)5-4-6-12(13)15/h4-6,11,15H,3,7-8H2,1-2H3. The molecule has 1 N–H and O–H groups in total. The lowest BCUT2D eigenvalue weighted by Crippen LogP contribution is -2.01. The summed E-state index contributed by atoms with van der Waals surface area (Å²) in [6.45, 7) is 4.14. The first-order valence-corrected chi connectivity index (χ1v) is 6.48. The summed E-state index contributed by atoms with van der Waals surface area (Å²) in [6.07, 6.45) is 1.93. The van der Waals surface area contributed by atoms with Crippen molar-refractivity contribution in [2.24, 2.45) is 0 Å². The van der Waals surface area contributed by atoms with Crippen LogP contribution in [0.5, 0.6) is 5.75 Å². The van der Waals surface area contributed by atoms with Gasteiger partial charge in [0.2, 0.25) is 0 Å². The smallest absolute Gasteiger partial charge is 0.133 e. The van der Waals surface area contributed by atoms with Gasteiger partial charge in [-0.25, -0.2) is 0 Å². The summed E-state index contributed by atoms with van der Waals surface area (Å²) in [5, 5.41) is 20.5. The number of rotatable bonds is 5. The van der Waals surface area contributed by atoms with Crippen molar-refractivity contribution in [3.8, 4) is 11.2 Å². The molecule has 1 rings (SSSR count). The third-order valence-electron chi connectivity index (χ3n) is 2.84. The highest BCUT2D eigenvalue weighted by Gasteiger charge is 2.15. The van der Waals surface area contributed by atoms with Crippen molar-refractivity contribution in [1.82, 2.24) is 0 Å². The SMILES string of the molecule is CCC(CCSC#N)c1c(C)cccc1O. The summed E-state index contributed by atoms with van der Waals surface area (Å²) in [4.78, 5) is 0. The summed E-state index contributed by atoms with van der Waals surface area (Å²) >= 11 is 1.28. The molecule has 0 radical (unpaired) electrons. The van der Waals surface area contributed by atoms with Crippen LogP contribution in [0, 0.1) is 17.6 Å². The van der Waals surface area contributed by atoms with E-state index in [0.717, 1.165) is 29.7 Å². The van der Waals surface area contributed by atoms with Gasteiger partial charge in [-0.05, 0) is 54.6 Å². The highest BCUT2D eigenvalue weighted by molar-refractivity contribution is 8.03. The van der Waals surface area contributed by atoms with Gasteiger partial charge in [-0.15, -0.1) is 0 Å². The van der Waals surface area contributed by atoms with Crippen LogP contribution in [0.4, 0.5) is 0 Å². The van der Waals surface area contributed by atoms with Crippen LogP contribution in [0.15, 0.2) is 18.2 Å². The molecule has 0 aliphatic rings. The lowest BCUT2D eigenvalue weighted by Gasteiger charge is -2.18. The number of benzene rings is 1. The monoisotopic (exact) mass is 235 g/mol. The van der Waals surface area contributed by atoms with Crippen LogP contribution in [0.1, 0.15) is 36.8 Å². The molecular weight excluding hydrogens is 218 g/mol. The zero-order valence-electron chi connectivity index (χ0n) is 9.73. The molecule has 2 nitrogen and oxygen atoms in total. The number of hydrogen-bond acceptors (Lipinski definition) is 3. The molecule has 0 amide bonds. The second-order valence-corrected chi connectivity index (χ2v) is 4.72. The van der Waals surface area contributed by atoms with Gasteiger partial charge in [-0.3, -0.25) is 0 Å². The molecule has 1 aromatic rings. The molecule has 1 atom stereocenters. The molecular formula is C13H17NOS. The summed E-state index contributed by atoms with van der Waals surface area (Å²) < 4.78 is 0. The zero-order valence-corrected chi connectivity index (χ0v) is 10.5. The van der Waals surface area contributed by atoms with Crippen LogP contribution in [0.25, 0.3) is 0 Å². The van der Waals surface area contributed by atoms with Gasteiger partial charge < -0.3 is 5.11 Å². The van der Waals surface area contributed by atoms with E-state index in [0.29, 0.717) is 11.7 Å². The van der Waals surface area contributed by atoms with E-state index in [9.17, 15) is 5.11 Å². The number of nitrogens with zero attached hydrogens (tertiary/aromatic N) is 1. The molecule has 0 saturated heterocycles. The van der Waals surface area contributed by atoms with Gasteiger partial charge in [0.25, 0.3) is 0 Å².